The Morgan fingerprint density at radius 3 is 2.95 bits per heavy atom. The third-order valence-corrected chi connectivity index (χ3v) is 3.18. The van der Waals surface area contributed by atoms with Crippen molar-refractivity contribution in [2.75, 3.05) is 13.7 Å². The van der Waals surface area contributed by atoms with Crippen LogP contribution < -0.4 is 4.74 Å². The summed E-state index contributed by atoms with van der Waals surface area (Å²) in [6, 6.07) is 6.39. The molecule has 0 spiro atoms. The summed E-state index contributed by atoms with van der Waals surface area (Å²) in [6.45, 7) is 4.12. The number of hydrogen-bond donors (Lipinski definition) is 0. The lowest BCUT2D eigenvalue weighted by atomic mass is 10.1. The van der Waals surface area contributed by atoms with Crippen molar-refractivity contribution < 1.29 is 9.15 Å². The fourth-order valence-corrected chi connectivity index (χ4v) is 2.34. The number of rotatable bonds is 4. The topological polar surface area (TPSA) is 51.4 Å². The van der Waals surface area contributed by atoms with Gasteiger partial charge in [-0.15, -0.1) is 10.2 Å². The van der Waals surface area contributed by atoms with Gasteiger partial charge in [0.1, 0.15) is 5.75 Å². The molecule has 1 aliphatic rings. The standard InChI is InChI=1S/C14H17N3O2/c1-10-15-16-14(19-10)9-17(2)8-11-3-4-13-12(7-11)5-6-18-13/h3-4,7H,5-6,8-9H2,1-2H3. The molecule has 0 saturated carbocycles. The summed E-state index contributed by atoms with van der Waals surface area (Å²) in [6.07, 6.45) is 1.01. The van der Waals surface area contributed by atoms with Crippen molar-refractivity contribution in [3.8, 4) is 5.75 Å². The van der Waals surface area contributed by atoms with Crippen LogP contribution in [0.4, 0.5) is 0 Å². The van der Waals surface area contributed by atoms with Gasteiger partial charge in [0.2, 0.25) is 11.8 Å². The van der Waals surface area contributed by atoms with Crippen LogP contribution >= 0.6 is 0 Å². The van der Waals surface area contributed by atoms with E-state index in [4.69, 9.17) is 9.15 Å². The van der Waals surface area contributed by atoms with Crippen molar-refractivity contribution in [2.24, 2.45) is 0 Å². The van der Waals surface area contributed by atoms with E-state index in [1.165, 1.54) is 11.1 Å². The fourth-order valence-electron chi connectivity index (χ4n) is 2.34. The van der Waals surface area contributed by atoms with E-state index >= 15 is 0 Å². The monoisotopic (exact) mass is 259 g/mol. The Bertz CT molecular complexity index is 580. The molecular weight excluding hydrogens is 242 g/mol. The van der Waals surface area contributed by atoms with Crippen molar-refractivity contribution in [1.29, 1.82) is 0 Å². The lowest BCUT2D eigenvalue weighted by molar-refractivity contribution is 0.278. The van der Waals surface area contributed by atoms with Gasteiger partial charge in [-0.3, -0.25) is 4.90 Å². The van der Waals surface area contributed by atoms with E-state index in [1.807, 2.05) is 7.05 Å². The summed E-state index contributed by atoms with van der Waals surface area (Å²) in [5.41, 5.74) is 2.59. The highest BCUT2D eigenvalue weighted by atomic mass is 16.5. The van der Waals surface area contributed by atoms with Crippen LogP contribution in [0.5, 0.6) is 5.75 Å². The summed E-state index contributed by atoms with van der Waals surface area (Å²) >= 11 is 0. The molecule has 2 heterocycles. The molecule has 2 aromatic rings. The number of aromatic nitrogens is 2. The number of aryl methyl sites for hydroxylation is 1. The maximum Gasteiger partial charge on any atom is 0.230 e. The van der Waals surface area contributed by atoms with Crippen molar-refractivity contribution in [3.05, 3.63) is 41.1 Å². The van der Waals surface area contributed by atoms with Gasteiger partial charge in [-0.05, 0) is 24.2 Å². The van der Waals surface area contributed by atoms with Gasteiger partial charge in [0.25, 0.3) is 0 Å². The van der Waals surface area contributed by atoms with Crippen LogP contribution in [0, 0.1) is 6.92 Å². The summed E-state index contributed by atoms with van der Waals surface area (Å²) in [7, 11) is 2.04. The Labute approximate surface area is 112 Å². The van der Waals surface area contributed by atoms with Gasteiger partial charge in [0, 0.05) is 19.9 Å². The number of benzene rings is 1. The van der Waals surface area contributed by atoms with Crippen LogP contribution in [0.15, 0.2) is 22.6 Å². The van der Waals surface area contributed by atoms with Crippen molar-refractivity contribution >= 4 is 0 Å². The van der Waals surface area contributed by atoms with Crippen LogP contribution in [-0.4, -0.2) is 28.8 Å². The van der Waals surface area contributed by atoms with Crippen LogP contribution in [0.1, 0.15) is 22.9 Å². The van der Waals surface area contributed by atoms with E-state index < -0.39 is 0 Å². The average Bonchev–Trinajstić information content (AvgIpc) is 2.97. The third-order valence-electron chi connectivity index (χ3n) is 3.18. The zero-order valence-corrected chi connectivity index (χ0v) is 11.2. The van der Waals surface area contributed by atoms with E-state index in [9.17, 15) is 0 Å². The summed E-state index contributed by atoms with van der Waals surface area (Å²) in [5.74, 6) is 2.29. The molecule has 0 radical (unpaired) electrons. The van der Waals surface area contributed by atoms with E-state index in [0.717, 1.165) is 25.3 Å². The zero-order chi connectivity index (χ0) is 13.2. The zero-order valence-electron chi connectivity index (χ0n) is 11.2. The lowest BCUT2D eigenvalue weighted by Gasteiger charge is -2.14. The highest BCUT2D eigenvalue weighted by Gasteiger charge is 2.13. The second-order valence-electron chi connectivity index (χ2n) is 4.93. The fraction of sp³-hybridized carbons (Fsp3) is 0.429. The van der Waals surface area contributed by atoms with E-state index in [2.05, 4.69) is 33.3 Å². The predicted molar refractivity (Wildman–Crippen MR) is 69.8 cm³/mol. The molecule has 0 atom stereocenters. The van der Waals surface area contributed by atoms with Gasteiger partial charge in [-0.1, -0.05) is 12.1 Å². The number of nitrogens with zero attached hydrogens (tertiary/aromatic N) is 3. The molecule has 0 N–H and O–H groups in total. The van der Waals surface area contributed by atoms with E-state index in [1.54, 1.807) is 6.92 Å². The van der Waals surface area contributed by atoms with Gasteiger partial charge in [-0.25, -0.2) is 0 Å². The van der Waals surface area contributed by atoms with Crippen molar-refractivity contribution in [3.63, 3.8) is 0 Å². The van der Waals surface area contributed by atoms with E-state index in [0.29, 0.717) is 18.3 Å². The molecular formula is C14H17N3O2. The largest absolute Gasteiger partial charge is 0.493 e. The molecule has 1 aromatic heterocycles. The highest BCUT2D eigenvalue weighted by Crippen LogP contribution is 2.26. The first-order valence-electron chi connectivity index (χ1n) is 6.43. The number of hydrogen-bond acceptors (Lipinski definition) is 5. The molecule has 5 nitrogen and oxygen atoms in total. The van der Waals surface area contributed by atoms with Gasteiger partial charge < -0.3 is 9.15 Å². The molecule has 3 rings (SSSR count). The maximum absolute atomic E-state index is 5.51. The van der Waals surface area contributed by atoms with Gasteiger partial charge in [-0.2, -0.15) is 0 Å². The predicted octanol–water partition coefficient (Wildman–Crippen LogP) is 1.94. The maximum atomic E-state index is 5.51. The van der Waals surface area contributed by atoms with Crippen LogP contribution in [0.2, 0.25) is 0 Å². The summed E-state index contributed by atoms with van der Waals surface area (Å²) in [5, 5.41) is 7.84. The Kier molecular flexibility index (Phi) is 3.21. The lowest BCUT2D eigenvalue weighted by Crippen LogP contribution is -2.17. The molecule has 100 valence electrons. The van der Waals surface area contributed by atoms with Gasteiger partial charge in [0.15, 0.2) is 0 Å². The molecule has 0 unspecified atom stereocenters. The number of ether oxygens (including phenoxy) is 1. The second-order valence-corrected chi connectivity index (χ2v) is 4.93. The minimum Gasteiger partial charge on any atom is -0.493 e. The Morgan fingerprint density at radius 2 is 2.16 bits per heavy atom. The first-order chi connectivity index (χ1) is 9.20. The Balaban J connectivity index is 1.64. The van der Waals surface area contributed by atoms with Gasteiger partial charge >= 0.3 is 0 Å². The van der Waals surface area contributed by atoms with Crippen LogP contribution in [0.25, 0.3) is 0 Å². The summed E-state index contributed by atoms with van der Waals surface area (Å²) < 4.78 is 10.9. The number of fused-ring (bicyclic) bond motifs is 1. The molecule has 0 saturated heterocycles. The SMILES string of the molecule is Cc1nnc(CN(C)Cc2ccc3c(c2)CCO3)o1. The average molecular weight is 259 g/mol. The van der Waals surface area contributed by atoms with Crippen LogP contribution in [-0.2, 0) is 19.5 Å². The first-order valence-corrected chi connectivity index (χ1v) is 6.43. The third kappa shape index (κ3) is 2.76. The summed E-state index contributed by atoms with van der Waals surface area (Å²) in [4.78, 5) is 2.16. The highest BCUT2D eigenvalue weighted by molar-refractivity contribution is 5.39. The van der Waals surface area contributed by atoms with Gasteiger partial charge in [0.05, 0.1) is 13.2 Å². The van der Waals surface area contributed by atoms with Crippen LogP contribution in [0.3, 0.4) is 0 Å². The normalized spacial score (nSPS) is 13.6. The second kappa shape index (κ2) is 5.01. The minimum absolute atomic E-state index is 0.609. The van der Waals surface area contributed by atoms with E-state index in [-0.39, 0.29) is 0 Å². The molecule has 5 heteroatoms. The molecule has 0 fully saturated rings. The first kappa shape index (κ1) is 12.2. The Morgan fingerprint density at radius 1 is 1.26 bits per heavy atom. The smallest absolute Gasteiger partial charge is 0.230 e. The molecule has 0 aliphatic carbocycles. The molecule has 0 amide bonds. The Hall–Kier alpha value is -1.88. The van der Waals surface area contributed by atoms with Crippen molar-refractivity contribution in [2.45, 2.75) is 26.4 Å². The molecule has 0 bridgehead atoms. The molecule has 1 aromatic carbocycles. The molecule has 19 heavy (non-hydrogen) atoms. The minimum atomic E-state index is 0.609. The molecule has 1 aliphatic heterocycles. The van der Waals surface area contributed by atoms with Crippen molar-refractivity contribution in [1.82, 2.24) is 15.1 Å². The quantitative estimate of drug-likeness (QED) is 0.840.